The molecule has 0 radical (unpaired) electrons. The van der Waals surface area contributed by atoms with Crippen molar-refractivity contribution in [2.75, 3.05) is 26.3 Å². The number of aliphatic carboxylic acids is 1. The number of carboxylic acid groups (broad SMARTS) is 1. The number of carboxylic acids is 1. The third-order valence-electron chi connectivity index (χ3n) is 3.24. The van der Waals surface area contributed by atoms with E-state index in [4.69, 9.17) is 9.84 Å². The van der Waals surface area contributed by atoms with Gasteiger partial charge in [-0.3, -0.25) is 4.79 Å². The van der Waals surface area contributed by atoms with Crippen molar-refractivity contribution in [1.29, 1.82) is 0 Å². The second-order valence-electron chi connectivity index (χ2n) is 4.80. The fourth-order valence-electron chi connectivity index (χ4n) is 1.83. The first-order chi connectivity index (χ1) is 8.45. The molecule has 1 aliphatic rings. The minimum Gasteiger partial charge on any atom is -0.481 e. The van der Waals surface area contributed by atoms with Crippen LogP contribution in [0.25, 0.3) is 0 Å². The highest BCUT2D eigenvalue weighted by atomic mass is 16.5. The number of nitrogens with zero attached hydrogens (tertiary/aromatic N) is 1. The second kappa shape index (κ2) is 6.58. The van der Waals surface area contributed by atoms with E-state index >= 15 is 0 Å². The first-order valence-corrected chi connectivity index (χ1v) is 6.31. The molecular weight excluding hydrogens is 236 g/mol. The zero-order valence-corrected chi connectivity index (χ0v) is 11.2. The number of hydrogen-bond donors (Lipinski definition) is 2. The highest BCUT2D eigenvalue weighted by molar-refractivity contribution is 5.76. The summed E-state index contributed by atoms with van der Waals surface area (Å²) in [5.41, 5.74) is 0. The normalized spacial score (nSPS) is 18.9. The number of carbonyl (C=O) groups excluding carboxylic acids is 1. The predicted molar refractivity (Wildman–Crippen MR) is 66.3 cm³/mol. The van der Waals surface area contributed by atoms with Gasteiger partial charge in [-0.05, 0) is 13.8 Å². The number of nitrogens with one attached hydrogen (secondary N) is 1. The van der Waals surface area contributed by atoms with Crippen LogP contribution in [0.15, 0.2) is 0 Å². The maximum absolute atomic E-state index is 11.7. The first kappa shape index (κ1) is 14.8. The summed E-state index contributed by atoms with van der Waals surface area (Å²) in [5, 5.41) is 11.7. The van der Waals surface area contributed by atoms with Crippen molar-refractivity contribution in [3.63, 3.8) is 0 Å². The lowest BCUT2D eigenvalue weighted by atomic mass is 9.87. The molecule has 0 aromatic rings. The molecule has 1 fully saturated rings. The van der Waals surface area contributed by atoms with Crippen molar-refractivity contribution >= 4 is 12.0 Å². The molecule has 2 unspecified atom stereocenters. The van der Waals surface area contributed by atoms with Gasteiger partial charge >= 0.3 is 12.0 Å². The van der Waals surface area contributed by atoms with Gasteiger partial charge < -0.3 is 20.1 Å². The van der Waals surface area contributed by atoms with Gasteiger partial charge in [0.25, 0.3) is 0 Å². The molecule has 1 aliphatic heterocycles. The van der Waals surface area contributed by atoms with Crippen LogP contribution >= 0.6 is 0 Å². The SMILES string of the molecule is CCOCC(C)NC(=O)N1CC(C(C)C(=O)O)C1. The molecule has 1 heterocycles. The summed E-state index contributed by atoms with van der Waals surface area (Å²) < 4.78 is 5.21. The van der Waals surface area contributed by atoms with E-state index in [-0.39, 0.29) is 18.0 Å². The highest BCUT2D eigenvalue weighted by Crippen LogP contribution is 2.23. The van der Waals surface area contributed by atoms with Gasteiger partial charge in [0.15, 0.2) is 0 Å². The van der Waals surface area contributed by atoms with Crippen LogP contribution in [0.1, 0.15) is 20.8 Å². The maximum atomic E-state index is 11.7. The Bertz CT molecular complexity index is 302. The summed E-state index contributed by atoms with van der Waals surface area (Å²) >= 11 is 0. The minimum atomic E-state index is -0.801. The van der Waals surface area contributed by atoms with Gasteiger partial charge in [0.1, 0.15) is 0 Å². The van der Waals surface area contributed by atoms with Crippen LogP contribution in [-0.2, 0) is 9.53 Å². The third kappa shape index (κ3) is 3.87. The molecular formula is C12H22N2O4. The van der Waals surface area contributed by atoms with Crippen molar-refractivity contribution in [3.8, 4) is 0 Å². The van der Waals surface area contributed by atoms with E-state index in [1.165, 1.54) is 0 Å². The summed E-state index contributed by atoms with van der Waals surface area (Å²) in [6.45, 7) is 7.61. The molecule has 6 nitrogen and oxygen atoms in total. The quantitative estimate of drug-likeness (QED) is 0.737. The van der Waals surface area contributed by atoms with Crippen LogP contribution in [-0.4, -0.2) is 54.4 Å². The van der Waals surface area contributed by atoms with Crippen LogP contribution in [0.4, 0.5) is 4.79 Å². The number of hydrogen-bond acceptors (Lipinski definition) is 3. The molecule has 0 aromatic carbocycles. The molecule has 104 valence electrons. The molecule has 0 aliphatic carbocycles. The van der Waals surface area contributed by atoms with Gasteiger partial charge in [-0.25, -0.2) is 4.79 Å². The molecule has 2 amide bonds. The van der Waals surface area contributed by atoms with Crippen molar-refractivity contribution < 1.29 is 19.4 Å². The van der Waals surface area contributed by atoms with Crippen molar-refractivity contribution in [1.82, 2.24) is 10.2 Å². The number of amides is 2. The van der Waals surface area contributed by atoms with E-state index in [0.29, 0.717) is 26.3 Å². The van der Waals surface area contributed by atoms with Crippen molar-refractivity contribution in [3.05, 3.63) is 0 Å². The van der Waals surface area contributed by atoms with Crippen molar-refractivity contribution in [2.24, 2.45) is 11.8 Å². The van der Waals surface area contributed by atoms with Gasteiger partial charge in [-0.2, -0.15) is 0 Å². The summed E-state index contributed by atoms with van der Waals surface area (Å²) in [4.78, 5) is 24.2. The number of rotatable bonds is 6. The number of likely N-dealkylation sites (tertiary alicyclic amines) is 1. The Morgan fingerprint density at radius 2 is 2.06 bits per heavy atom. The fourth-order valence-corrected chi connectivity index (χ4v) is 1.83. The van der Waals surface area contributed by atoms with Crippen LogP contribution in [0.5, 0.6) is 0 Å². The molecule has 2 N–H and O–H groups in total. The molecule has 1 saturated heterocycles. The highest BCUT2D eigenvalue weighted by Gasteiger charge is 2.37. The van der Waals surface area contributed by atoms with Crippen LogP contribution in [0.2, 0.25) is 0 Å². The predicted octanol–water partition coefficient (Wildman–Crippen LogP) is 0.773. The Morgan fingerprint density at radius 3 is 2.56 bits per heavy atom. The average Bonchev–Trinajstić information content (AvgIpc) is 2.23. The van der Waals surface area contributed by atoms with Gasteiger partial charge in [-0.1, -0.05) is 6.92 Å². The lowest BCUT2D eigenvalue weighted by Crippen LogP contribution is -2.57. The first-order valence-electron chi connectivity index (χ1n) is 6.31. The second-order valence-corrected chi connectivity index (χ2v) is 4.80. The zero-order chi connectivity index (χ0) is 13.7. The van der Waals surface area contributed by atoms with Gasteiger partial charge in [-0.15, -0.1) is 0 Å². The monoisotopic (exact) mass is 258 g/mol. The largest absolute Gasteiger partial charge is 0.481 e. The van der Waals surface area contributed by atoms with Crippen molar-refractivity contribution in [2.45, 2.75) is 26.8 Å². The maximum Gasteiger partial charge on any atom is 0.317 e. The van der Waals surface area contributed by atoms with E-state index in [1.807, 2.05) is 13.8 Å². The lowest BCUT2D eigenvalue weighted by molar-refractivity contribution is -0.144. The smallest absolute Gasteiger partial charge is 0.317 e. The van der Waals surface area contributed by atoms with Gasteiger partial charge in [0, 0.05) is 25.6 Å². The summed E-state index contributed by atoms with van der Waals surface area (Å²) in [5.74, 6) is -1.13. The van der Waals surface area contributed by atoms with Crippen LogP contribution < -0.4 is 5.32 Å². The Morgan fingerprint density at radius 1 is 1.44 bits per heavy atom. The molecule has 0 aromatic heterocycles. The fraction of sp³-hybridized carbons (Fsp3) is 0.833. The number of ether oxygens (including phenoxy) is 1. The lowest BCUT2D eigenvalue weighted by Gasteiger charge is -2.41. The van der Waals surface area contributed by atoms with Crippen LogP contribution in [0.3, 0.4) is 0 Å². The van der Waals surface area contributed by atoms with E-state index in [9.17, 15) is 9.59 Å². The Labute approximate surface area is 107 Å². The van der Waals surface area contributed by atoms with E-state index in [2.05, 4.69) is 5.32 Å². The molecule has 6 heteroatoms. The third-order valence-corrected chi connectivity index (χ3v) is 3.24. The summed E-state index contributed by atoms with van der Waals surface area (Å²) in [7, 11) is 0. The van der Waals surface area contributed by atoms with E-state index in [0.717, 1.165) is 0 Å². The minimum absolute atomic E-state index is 0.0339. The summed E-state index contributed by atoms with van der Waals surface area (Å²) in [6, 6.07) is -0.176. The molecule has 0 saturated carbocycles. The Kier molecular flexibility index (Phi) is 5.40. The number of carbonyl (C=O) groups is 2. The summed E-state index contributed by atoms with van der Waals surface area (Å²) in [6.07, 6.45) is 0. The average molecular weight is 258 g/mol. The molecule has 2 atom stereocenters. The number of urea groups is 1. The standard InChI is InChI=1S/C12H22N2O4/c1-4-18-7-8(2)13-12(17)14-5-10(6-14)9(3)11(15)16/h8-10H,4-7H2,1-3H3,(H,13,17)(H,15,16). The van der Waals surface area contributed by atoms with E-state index < -0.39 is 11.9 Å². The Hall–Kier alpha value is -1.30. The van der Waals surface area contributed by atoms with Crippen LogP contribution in [0, 0.1) is 11.8 Å². The molecule has 0 bridgehead atoms. The molecule has 18 heavy (non-hydrogen) atoms. The topological polar surface area (TPSA) is 78.9 Å². The van der Waals surface area contributed by atoms with E-state index in [1.54, 1.807) is 11.8 Å². The zero-order valence-electron chi connectivity index (χ0n) is 11.2. The molecule has 0 spiro atoms. The van der Waals surface area contributed by atoms with Gasteiger partial charge in [0.2, 0.25) is 0 Å². The van der Waals surface area contributed by atoms with Gasteiger partial charge in [0.05, 0.1) is 18.6 Å². The Balaban J connectivity index is 2.24. The molecule has 1 rings (SSSR count).